The molecule has 0 aliphatic carbocycles. The fraction of sp³-hybridized carbons (Fsp3) is 0.625. The van der Waals surface area contributed by atoms with Crippen molar-refractivity contribution >= 4 is 11.6 Å². The smallest absolute Gasteiger partial charge is 0.179 e. The molecular weight excluding hydrogens is 290 g/mol. The predicted octanol–water partition coefficient (Wildman–Crippen LogP) is 3.11. The van der Waals surface area contributed by atoms with Crippen LogP contribution < -0.4 is 9.47 Å². The van der Waals surface area contributed by atoms with Gasteiger partial charge in [-0.15, -0.1) is 0 Å². The molecule has 0 spiro atoms. The highest BCUT2D eigenvalue weighted by Gasteiger charge is 2.24. The number of halogens is 1. The van der Waals surface area contributed by atoms with Gasteiger partial charge in [-0.05, 0) is 31.5 Å². The quantitative estimate of drug-likeness (QED) is 0.840. The zero-order chi connectivity index (χ0) is 14.8. The van der Waals surface area contributed by atoms with Crippen molar-refractivity contribution in [3.05, 3.63) is 22.7 Å². The summed E-state index contributed by atoms with van der Waals surface area (Å²) in [7, 11) is 0. The van der Waals surface area contributed by atoms with Crippen LogP contribution in [-0.4, -0.2) is 43.4 Å². The third-order valence-corrected chi connectivity index (χ3v) is 4.27. The Hall–Kier alpha value is -0.970. The molecule has 0 unspecified atom stereocenters. The van der Waals surface area contributed by atoms with E-state index in [9.17, 15) is 0 Å². The Bertz CT molecular complexity index is 509. The molecule has 0 radical (unpaired) electrons. The van der Waals surface area contributed by atoms with Gasteiger partial charge in [0.2, 0.25) is 0 Å². The van der Waals surface area contributed by atoms with E-state index in [-0.39, 0.29) is 6.10 Å². The van der Waals surface area contributed by atoms with Gasteiger partial charge in [0.1, 0.15) is 0 Å². The number of benzene rings is 1. The van der Waals surface area contributed by atoms with Crippen molar-refractivity contribution in [3.8, 4) is 11.5 Å². The van der Waals surface area contributed by atoms with Gasteiger partial charge in [-0.1, -0.05) is 11.6 Å². The van der Waals surface area contributed by atoms with Gasteiger partial charge in [0, 0.05) is 25.6 Å². The molecule has 2 aliphatic heterocycles. The van der Waals surface area contributed by atoms with Gasteiger partial charge in [0.25, 0.3) is 0 Å². The van der Waals surface area contributed by atoms with Crippen LogP contribution in [0.25, 0.3) is 0 Å². The molecular formula is C16H22ClNO3. The van der Waals surface area contributed by atoms with Crippen LogP contribution in [0.5, 0.6) is 11.5 Å². The minimum atomic E-state index is 0.275. The van der Waals surface area contributed by atoms with Gasteiger partial charge in [-0.25, -0.2) is 0 Å². The topological polar surface area (TPSA) is 30.9 Å². The van der Waals surface area contributed by atoms with Crippen molar-refractivity contribution in [2.45, 2.75) is 39.0 Å². The van der Waals surface area contributed by atoms with Crippen molar-refractivity contribution in [3.63, 3.8) is 0 Å². The summed E-state index contributed by atoms with van der Waals surface area (Å²) < 4.78 is 17.1. The SMILES string of the molecule is C[C@H]1CN(Cc2cc(Cl)c3c(c2)OCCCO3)[C@@H](C)CO1. The maximum absolute atomic E-state index is 6.35. The first-order valence-electron chi connectivity index (χ1n) is 7.57. The molecule has 21 heavy (non-hydrogen) atoms. The minimum Gasteiger partial charge on any atom is -0.489 e. The summed E-state index contributed by atoms with van der Waals surface area (Å²) in [5.74, 6) is 1.45. The van der Waals surface area contributed by atoms with Crippen LogP contribution in [0.1, 0.15) is 25.8 Å². The van der Waals surface area contributed by atoms with Gasteiger partial charge < -0.3 is 14.2 Å². The maximum Gasteiger partial charge on any atom is 0.179 e. The lowest BCUT2D eigenvalue weighted by Gasteiger charge is -2.36. The fourth-order valence-corrected chi connectivity index (χ4v) is 3.09. The van der Waals surface area contributed by atoms with Crippen molar-refractivity contribution in [2.24, 2.45) is 0 Å². The van der Waals surface area contributed by atoms with Crippen LogP contribution >= 0.6 is 11.6 Å². The van der Waals surface area contributed by atoms with E-state index in [0.717, 1.165) is 37.4 Å². The van der Waals surface area contributed by atoms with E-state index >= 15 is 0 Å². The first-order chi connectivity index (χ1) is 10.1. The molecule has 1 aromatic carbocycles. The van der Waals surface area contributed by atoms with Crippen molar-refractivity contribution in [1.82, 2.24) is 4.90 Å². The number of ether oxygens (including phenoxy) is 3. The Kier molecular flexibility index (Phi) is 4.57. The number of rotatable bonds is 2. The van der Waals surface area contributed by atoms with E-state index in [4.69, 9.17) is 25.8 Å². The van der Waals surface area contributed by atoms with E-state index in [0.29, 0.717) is 30.0 Å². The fourth-order valence-electron chi connectivity index (χ4n) is 2.80. The third-order valence-electron chi connectivity index (χ3n) is 3.98. The normalized spacial score (nSPS) is 26.4. The second kappa shape index (κ2) is 6.42. The summed E-state index contributed by atoms with van der Waals surface area (Å²) in [6.07, 6.45) is 1.16. The largest absolute Gasteiger partial charge is 0.489 e. The summed E-state index contributed by atoms with van der Waals surface area (Å²) in [4.78, 5) is 2.42. The predicted molar refractivity (Wildman–Crippen MR) is 82.3 cm³/mol. The van der Waals surface area contributed by atoms with E-state index in [1.54, 1.807) is 0 Å². The summed E-state index contributed by atoms with van der Waals surface area (Å²) in [5, 5.41) is 0.637. The first-order valence-corrected chi connectivity index (χ1v) is 7.95. The Morgan fingerprint density at radius 3 is 2.90 bits per heavy atom. The van der Waals surface area contributed by atoms with Crippen LogP contribution in [0.2, 0.25) is 5.02 Å². The van der Waals surface area contributed by atoms with E-state index < -0.39 is 0 Å². The molecule has 1 fully saturated rings. The zero-order valence-corrected chi connectivity index (χ0v) is 13.4. The second-order valence-electron chi connectivity index (χ2n) is 5.88. The number of hydrogen-bond donors (Lipinski definition) is 0. The van der Waals surface area contributed by atoms with Gasteiger partial charge in [0.05, 0.1) is 30.9 Å². The molecule has 0 bridgehead atoms. The number of hydrogen-bond acceptors (Lipinski definition) is 4. The summed E-state index contributed by atoms with van der Waals surface area (Å²) in [5.41, 5.74) is 1.16. The van der Waals surface area contributed by atoms with Crippen LogP contribution in [0.3, 0.4) is 0 Å². The van der Waals surface area contributed by atoms with Crippen molar-refractivity contribution < 1.29 is 14.2 Å². The summed E-state index contributed by atoms with van der Waals surface area (Å²) in [6, 6.07) is 4.46. The van der Waals surface area contributed by atoms with Crippen LogP contribution in [0, 0.1) is 0 Å². The molecule has 0 amide bonds. The molecule has 0 N–H and O–H groups in total. The first kappa shape index (κ1) is 14.9. The van der Waals surface area contributed by atoms with E-state index in [2.05, 4.69) is 24.8 Å². The lowest BCUT2D eigenvalue weighted by atomic mass is 10.1. The molecule has 0 saturated carbocycles. The molecule has 2 aliphatic rings. The number of fused-ring (bicyclic) bond motifs is 1. The lowest BCUT2D eigenvalue weighted by molar-refractivity contribution is -0.0526. The summed E-state index contributed by atoms with van der Waals surface area (Å²) >= 11 is 6.35. The highest BCUT2D eigenvalue weighted by molar-refractivity contribution is 6.32. The molecule has 0 aromatic heterocycles. The average Bonchev–Trinajstić information content (AvgIpc) is 2.68. The van der Waals surface area contributed by atoms with Crippen molar-refractivity contribution in [1.29, 1.82) is 0 Å². The molecule has 1 aromatic rings. The molecule has 116 valence electrons. The number of morpholine rings is 1. The summed E-state index contributed by atoms with van der Waals surface area (Å²) in [6.45, 7) is 8.20. The molecule has 2 atom stereocenters. The minimum absolute atomic E-state index is 0.275. The molecule has 3 rings (SSSR count). The average molecular weight is 312 g/mol. The maximum atomic E-state index is 6.35. The Balaban J connectivity index is 1.79. The zero-order valence-electron chi connectivity index (χ0n) is 12.6. The van der Waals surface area contributed by atoms with Crippen LogP contribution in [0.4, 0.5) is 0 Å². The Morgan fingerprint density at radius 2 is 2.05 bits per heavy atom. The van der Waals surface area contributed by atoms with Crippen LogP contribution in [0.15, 0.2) is 12.1 Å². The van der Waals surface area contributed by atoms with Crippen molar-refractivity contribution in [2.75, 3.05) is 26.4 Å². The van der Waals surface area contributed by atoms with Gasteiger partial charge in [-0.2, -0.15) is 0 Å². The van der Waals surface area contributed by atoms with Gasteiger partial charge in [0.15, 0.2) is 11.5 Å². The molecule has 5 heteroatoms. The molecule has 2 heterocycles. The van der Waals surface area contributed by atoms with E-state index in [1.165, 1.54) is 0 Å². The standard InChI is InChI=1S/C16H22ClNO3/c1-11-10-21-12(2)8-18(11)9-13-6-14(17)16-15(7-13)19-4-3-5-20-16/h6-7,11-12H,3-5,8-10H2,1-2H3/t11-,12-/m0/s1. The van der Waals surface area contributed by atoms with E-state index in [1.807, 2.05) is 6.07 Å². The van der Waals surface area contributed by atoms with Gasteiger partial charge in [-0.3, -0.25) is 4.90 Å². The molecule has 4 nitrogen and oxygen atoms in total. The molecule has 1 saturated heterocycles. The highest BCUT2D eigenvalue weighted by atomic mass is 35.5. The third kappa shape index (κ3) is 3.44. The number of nitrogens with zero attached hydrogens (tertiary/aromatic N) is 1. The lowest BCUT2D eigenvalue weighted by Crippen LogP contribution is -2.46. The van der Waals surface area contributed by atoms with Crippen LogP contribution in [-0.2, 0) is 11.3 Å². The Morgan fingerprint density at radius 1 is 1.24 bits per heavy atom. The van der Waals surface area contributed by atoms with Gasteiger partial charge >= 0.3 is 0 Å². The highest BCUT2D eigenvalue weighted by Crippen LogP contribution is 2.38. The second-order valence-corrected chi connectivity index (χ2v) is 6.28. The monoisotopic (exact) mass is 311 g/mol. The Labute approximate surface area is 130 Å².